The number of alkyl halides is 3. The molecule has 94 valence electrons. The van der Waals surface area contributed by atoms with Crippen LogP contribution in [-0.2, 0) is 6.54 Å². The number of nitrogens with zero attached hydrogens (tertiary/aromatic N) is 2. The van der Waals surface area contributed by atoms with Crippen molar-refractivity contribution in [2.75, 3.05) is 0 Å². The number of hydrogen-bond acceptors (Lipinski definition) is 5. The summed E-state index contributed by atoms with van der Waals surface area (Å²) in [7, 11) is 0. The summed E-state index contributed by atoms with van der Waals surface area (Å²) in [6.45, 7) is 1.01. The van der Waals surface area contributed by atoms with Gasteiger partial charge in [-0.2, -0.15) is 0 Å². The van der Waals surface area contributed by atoms with E-state index in [2.05, 4.69) is 9.72 Å². The Labute approximate surface area is 93.3 Å². The lowest BCUT2D eigenvalue weighted by molar-refractivity contribution is -0.388. The normalized spacial score (nSPS) is 11.4. The molecule has 6 nitrogen and oxygen atoms in total. The van der Waals surface area contributed by atoms with Crippen LogP contribution in [-0.4, -0.2) is 16.3 Å². The molecule has 1 rings (SSSR count). The number of nitro groups is 1. The Morgan fingerprint density at radius 1 is 1.59 bits per heavy atom. The molecule has 0 aliphatic heterocycles. The summed E-state index contributed by atoms with van der Waals surface area (Å²) >= 11 is 0. The van der Waals surface area contributed by atoms with Crippen molar-refractivity contribution >= 4 is 5.69 Å². The third kappa shape index (κ3) is 3.28. The fourth-order valence-electron chi connectivity index (χ4n) is 1.21. The highest BCUT2D eigenvalue weighted by molar-refractivity contribution is 5.50. The molecular formula is C8H8F3N3O3. The maximum Gasteiger partial charge on any atom is 0.573 e. The summed E-state index contributed by atoms with van der Waals surface area (Å²) in [4.78, 5) is 13.3. The number of pyridine rings is 1. The van der Waals surface area contributed by atoms with Gasteiger partial charge < -0.3 is 10.5 Å². The number of ether oxygens (including phenoxy) is 1. The predicted molar refractivity (Wildman–Crippen MR) is 50.2 cm³/mol. The lowest BCUT2D eigenvalue weighted by Crippen LogP contribution is -2.20. The summed E-state index contributed by atoms with van der Waals surface area (Å²) < 4.78 is 39.9. The zero-order chi connectivity index (χ0) is 13.2. The third-order valence-corrected chi connectivity index (χ3v) is 1.76. The van der Waals surface area contributed by atoms with Gasteiger partial charge in [0, 0.05) is 18.3 Å². The molecule has 1 aromatic heterocycles. The molecule has 9 heteroatoms. The van der Waals surface area contributed by atoms with Gasteiger partial charge in [-0.3, -0.25) is 15.1 Å². The predicted octanol–water partition coefficient (Wildman–Crippen LogP) is 1.66. The summed E-state index contributed by atoms with van der Waals surface area (Å²) in [5, 5.41) is 10.6. The van der Waals surface area contributed by atoms with Crippen LogP contribution in [0.25, 0.3) is 0 Å². The maximum absolute atomic E-state index is 12.1. The Bertz CT molecular complexity index is 448. The quantitative estimate of drug-likeness (QED) is 0.651. The molecule has 0 spiro atoms. The highest BCUT2D eigenvalue weighted by Gasteiger charge is 2.36. The Morgan fingerprint density at radius 2 is 2.18 bits per heavy atom. The topological polar surface area (TPSA) is 91.3 Å². The van der Waals surface area contributed by atoms with E-state index in [1.54, 1.807) is 0 Å². The second-order valence-electron chi connectivity index (χ2n) is 3.07. The van der Waals surface area contributed by atoms with Crippen LogP contribution in [0.15, 0.2) is 6.07 Å². The number of halogens is 3. The van der Waals surface area contributed by atoms with Gasteiger partial charge in [-0.1, -0.05) is 0 Å². The first-order valence-corrected chi connectivity index (χ1v) is 4.35. The number of aryl methyl sites for hydroxylation is 1. The average Bonchev–Trinajstić information content (AvgIpc) is 2.17. The van der Waals surface area contributed by atoms with Crippen LogP contribution in [0.3, 0.4) is 0 Å². The van der Waals surface area contributed by atoms with E-state index in [0.717, 1.165) is 6.07 Å². The van der Waals surface area contributed by atoms with E-state index in [0.29, 0.717) is 0 Å². The van der Waals surface area contributed by atoms with Gasteiger partial charge in [0.1, 0.15) is 5.69 Å². The highest BCUT2D eigenvalue weighted by Crippen LogP contribution is 2.34. The highest BCUT2D eigenvalue weighted by atomic mass is 19.4. The van der Waals surface area contributed by atoms with Gasteiger partial charge in [0.2, 0.25) is 5.75 Å². The molecule has 0 bridgehead atoms. The van der Waals surface area contributed by atoms with E-state index < -0.39 is 29.3 Å². The van der Waals surface area contributed by atoms with Gasteiger partial charge in [0.05, 0.1) is 4.92 Å². The molecule has 17 heavy (non-hydrogen) atoms. The van der Waals surface area contributed by atoms with Crippen LogP contribution in [0.1, 0.15) is 11.4 Å². The van der Waals surface area contributed by atoms with Gasteiger partial charge in [0.25, 0.3) is 0 Å². The van der Waals surface area contributed by atoms with Crippen LogP contribution in [0, 0.1) is 17.0 Å². The number of aromatic nitrogens is 1. The molecule has 0 unspecified atom stereocenters. The summed E-state index contributed by atoms with van der Waals surface area (Å²) in [5.74, 6) is -0.962. The van der Waals surface area contributed by atoms with Crippen molar-refractivity contribution in [3.63, 3.8) is 0 Å². The molecule has 0 saturated carbocycles. The van der Waals surface area contributed by atoms with E-state index in [9.17, 15) is 23.3 Å². The van der Waals surface area contributed by atoms with Gasteiger partial charge in [0.15, 0.2) is 0 Å². The Hall–Kier alpha value is -1.90. The number of nitrogens with two attached hydrogens (primary N) is 1. The molecule has 0 aliphatic carbocycles. The van der Waals surface area contributed by atoms with Crippen LogP contribution in [0.2, 0.25) is 0 Å². The SMILES string of the molecule is Cc1cc([N+](=O)[O-])c(OC(F)(F)F)c(CN)n1. The van der Waals surface area contributed by atoms with E-state index in [4.69, 9.17) is 5.73 Å². The first-order valence-electron chi connectivity index (χ1n) is 4.35. The molecular weight excluding hydrogens is 243 g/mol. The Balaban J connectivity index is 3.37. The standard InChI is InChI=1S/C8H8F3N3O3/c1-4-2-6(14(15)16)7(5(3-12)13-4)17-8(9,10)11/h2H,3,12H2,1H3. The maximum atomic E-state index is 12.1. The minimum absolute atomic E-state index is 0.187. The van der Waals surface area contributed by atoms with E-state index in [1.165, 1.54) is 6.92 Å². The first-order chi connectivity index (χ1) is 7.74. The van der Waals surface area contributed by atoms with Gasteiger partial charge in [-0.25, -0.2) is 0 Å². The molecule has 0 fully saturated rings. The molecule has 0 aliphatic rings. The summed E-state index contributed by atoms with van der Waals surface area (Å²) in [6.07, 6.45) is -5.04. The fourth-order valence-corrected chi connectivity index (χ4v) is 1.21. The van der Waals surface area contributed by atoms with Gasteiger partial charge in [-0.15, -0.1) is 13.2 Å². The first kappa shape index (κ1) is 13.2. The average molecular weight is 251 g/mol. The molecule has 1 aromatic rings. The zero-order valence-electron chi connectivity index (χ0n) is 8.61. The van der Waals surface area contributed by atoms with Crippen molar-refractivity contribution < 1.29 is 22.8 Å². The Kier molecular flexibility index (Phi) is 3.51. The number of hydrogen-bond donors (Lipinski definition) is 1. The van der Waals surface area contributed by atoms with Crippen molar-refractivity contribution in [3.05, 3.63) is 27.6 Å². The summed E-state index contributed by atoms with van der Waals surface area (Å²) in [5.41, 5.74) is 4.24. The van der Waals surface area contributed by atoms with Crippen molar-refractivity contribution in [1.82, 2.24) is 4.98 Å². The van der Waals surface area contributed by atoms with Crippen molar-refractivity contribution in [1.29, 1.82) is 0 Å². The van der Waals surface area contributed by atoms with Gasteiger partial charge >= 0.3 is 12.0 Å². The zero-order valence-corrected chi connectivity index (χ0v) is 8.61. The Morgan fingerprint density at radius 3 is 2.59 bits per heavy atom. The van der Waals surface area contributed by atoms with Crippen LogP contribution < -0.4 is 10.5 Å². The second kappa shape index (κ2) is 4.53. The van der Waals surface area contributed by atoms with Crippen LogP contribution in [0.5, 0.6) is 5.75 Å². The minimum Gasteiger partial charge on any atom is -0.396 e. The van der Waals surface area contributed by atoms with Crippen molar-refractivity contribution in [3.8, 4) is 5.75 Å². The van der Waals surface area contributed by atoms with E-state index >= 15 is 0 Å². The molecule has 2 N–H and O–H groups in total. The van der Waals surface area contributed by atoms with Crippen molar-refractivity contribution in [2.45, 2.75) is 19.8 Å². The van der Waals surface area contributed by atoms with Crippen LogP contribution in [0.4, 0.5) is 18.9 Å². The van der Waals surface area contributed by atoms with Crippen LogP contribution >= 0.6 is 0 Å². The monoisotopic (exact) mass is 251 g/mol. The van der Waals surface area contributed by atoms with E-state index in [-0.39, 0.29) is 11.4 Å². The largest absolute Gasteiger partial charge is 0.573 e. The third-order valence-electron chi connectivity index (χ3n) is 1.76. The lowest BCUT2D eigenvalue weighted by Gasteiger charge is -2.12. The molecule has 0 atom stereocenters. The van der Waals surface area contributed by atoms with Crippen molar-refractivity contribution in [2.24, 2.45) is 5.73 Å². The van der Waals surface area contributed by atoms with Gasteiger partial charge in [-0.05, 0) is 6.92 Å². The summed E-state index contributed by atoms with van der Waals surface area (Å²) in [6, 6.07) is 0.889. The fraction of sp³-hybridized carbons (Fsp3) is 0.375. The molecule has 1 heterocycles. The molecule has 0 saturated heterocycles. The molecule has 0 aromatic carbocycles. The smallest absolute Gasteiger partial charge is 0.396 e. The molecule has 0 amide bonds. The molecule has 0 radical (unpaired) electrons. The van der Waals surface area contributed by atoms with E-state index in [1.807, 2.05) is 0 Å². The minimum atomic E-state index is -5.04. The number of rotatable bonds is 3. The lowest BCUT2D eigenvalue weighted by atomic mass is 10.2. The second-order valence-corrected chi connectivity index (χ2v) is 3.07.